The molecule has 0 aliphatic carbocycles. The maximum Gasteiger partial charge on any atom is 2.00 e. The van der Waals surface area contributed by atoms with Crippen molar-refractivity contribution in [2.45, 2.75) is 0 Å². The van der Waals surface area contributed by atoms with Crippen LogP contribution < -0.4 is 12.4 Å². The maximum atomic E-state index is 8.25. The molecule has 0 fully saturated rings. The van der Waals surface area contributed by atoms with E-state index in [0.29, 0.717) is 0 Å². The molecule has 0 bridgehead atoms. The summed E-state index contributed by atoms with van der Waals surface area (Å²) >= 11 is 0. The topological polar surface area (TPSA) is 119 Å². The van der Waals surface area contributed by atoms with Crippen LogP contribution in [0.1, 0.15) is 0 Å². The van der Waals surface area contributed by atoms with Crippen molar-refractivity contribution in [2.24, 2.45) is 5.34 Å². The summed E-state index contributed by atoms with van der Waals surface area (Å²) in [5, 5.41) is 23.8. The summed E-state index contributed by atoms with van der Waals surface area (Å²) in [7, 11) is 0. The fourth-order valence-electron chi connectivity index (χ4n) is 0. The first-order chi connectivity index (χ1) is 3.15. The first-order valence-electron chi connectivity index (χ1n) is 0.913. The van der Waals surface area contributed by atoms with E-state index in [-0.39, 0.29) is 126 Å². The Kier molecular flexibility index (Phi) is 132. The van der Waals surface area contributed by atoms with E-state index in [2.05, 4.69) is 0 Å². The van der Waals surface area contributed by atoms with Crippen LogP contribution in [0.15, 0.2) is 5.34 Å². The number of halogens is 1. The van der Waals surface area contributed by atoms with E-state index in [4.69, 9.17) is 25.4 Å². The quantitative estimate of drug-likeness (QED) is 0.190. The molecular weight excluding hydrogens is 264 g/mol. The van der Waals surface area contributed by atoms with Gasteiger partial charge in [0.05, 0.1) is 5.09 Å². The Hall–Kier alpha value is 2.67. The minimum atomic E-state index is -1.75. The zero-order valence-corrected chi connectivity index (χ0v) is 12.8. The summed E-state index contributed by atoms with van der Waals surface area (Å²) in [6.07, 6.45) is 0. The Balaban J connectivity index is -0.00000000848. The van der Waals surface area contributed by atoms with Gasteiger partial charge in [-0.15, -0.1) is 5.34 Å². The minimum Gasteiger partial charge on any atom is -1.00 e. The maximum absolute atomic E-state index is 8.25. The number of hydrogen-bond donors (Lipinski definition) is 0. The molecule has 0 amide bonds. The van der Waals surface area contributed by atoms with Crippen molar-refractivity contribution in [3.05, 3.63) is 25.4 Å². The van der Waals surface area contributed by atoms with E-state index in [1.165, 1.54) is 0 Å². The zero-order chi connectivity index (χ0) is 6.28. The van der Waals surface area contributed by atoms with Gasteiger partial charge in [-0.3, -0.25) is 0 Å². The molecule has 0 rings (SSSR count). The average molecular weight is 264 g/mol. The van der Waals surface area contributed by atoms with Crippen LogP contribution in [-0.2, 0) is 0 Å². The molecule has 0 saturated carbocycles. The number of nitrogens with zero attached hydrogens (tertiary/aromatic N) is 2. The van der Waals surface area contributed by atoms with Gasteiger partial charge in [0.2, 0.25) is 0 Å². The third kappa shape index (κ3) is 202. The standard InChI is InChI=1S/3Ca.ClH.NO3.HNO2/c;;;;2-1(3)4;2-1-3/h;;;1H;;(H,2,3)/q3*+2;;-1;/p-2. The van der Waals surface area contributed by atoms with Gasteiger partial charge in [0.15, 0.2) is 0 Å². The first-order valence-corrected chi connectivity index (χ1v) is 0.913. The minimum absolute atomic E-state index is 0. The van der Waals surface area contributed by atoms with Crippen LogP contribution in [0.3, 0.4) is 0 Å². The van der Waals surface area contributed by atoms with Gasteiger partial charge in [0, 0.05) is 0 Å². The summed E-state index contributed by atoms with van der Waals surface area (Å²) in [6.45, 7) is 0. The second-order valence-corrected chi connectivity index (χ2v) is 0.298. The predicted molar refractivity (Wildman–Crippen MR) is 36.8 cm³/mol. The largest absolute Gasteiger partial charge is 2.00 e. The van der Waals surface area contributed by atoms with Crippen molar-refractivity contribution in [1.29, 1.82) is 0 Å². The molecule has 0 aromatic carbocycles. The van der Waals surface area contributed by atoms with Gasteiger partial charge >= 0.3 is 113 Å². The second-order valence-electron chi connectivity index (χ2n) is 0.298. The molecule has 0 atom stereocenters. The van der Waals surface area contributed by atoms with Crippen molar-refractivity contribution in [3.8, 4) is 0 Å². The molecule has 0 aromatic heterocycles. The molecule has 0 spiro atoms. The Labute approximate surface area is 158 Å². The molecule has 7 nitrogen and oxygen atoms in total. The van der Waals surface area contributed by atoms with Crippen molar-refractivity contribution < 1.29 is 17.5 Å². The van der Waals surface area contributed by atoms with Crippen molar-refractivity contribution in [1.82, 2.24) is 0 Å². The summed E-state index contributed by atoms with van der Waals surface area (Å²) < 4.78 is 0. The van der Waals surface area contributed by atoms with Gasteiger partial charge < -0.3 is 37.8 Å². The molecule has 0 aliphatic heterocycles. The number of hydrogen-bond acceptors (Lipinski definition) is 6. The predicted octanol–water partition coefficient (Wildman–Crippen LogP) is -4.13. The van der Waals surface area contributed by atoms with Crippen LogP contribution in [0.4, 0.5) is 0 Å². The summed E-state index contributed by atoms with van der Waals surface area (Å²) in [5.41, 5.74) is 0. The SMILES string of the molecule is O=N[O-].O=[N+]([O-])[O-].[Ca+2].[Ca+2].[Ca+2].[Cl-]. The normalized spacial score (nSPS) is 3.27. The molecule has 0 radical (unpaired) electrons. The zero-order valence-electron chi connectivity index (χ0n) is 5.43. The van der Waals surface area contributed by atoms with Crippen molar-refractivity contribution >= 4 is 113 Å². The molecule has 50 valence electrons. The van der Waals surface area contributed by atoms with Gasteiger partial charge in [-0.1, -0.05) is 0 Å². The summed E-state index contributed by atoms with van der Waals surface area (Å²) in [6, 6.07) is 0. The molecule has 0 saturated heterocycles. The Bertz CT molecular complexity index is 66.7. The molecule has 0 heterocycles. The number of rotatable bonds is 0. The molecule has 11 heteroatoms. The summed E-state index contributed by atoms with van der Waals surface area (Å²) in [5.74, 6) is 0. The van der Waals surface area contributed by atoms with E-state index >= 15 is 0 Å². The smallest absolute Gasteiger partial charge is 1.00 e. The van der Waals surface area contributed by atoms with E-state index < -0.39 is 5.09 Å². The van der Waals surface area contributed by atoms with E-state index in [1.807, 2.05) is 0 Å². The third-order valence-electron chi connectivity index (χ3n) is 0. The first kappa shape index (κ1) is 37.3. The van der Waals surface area contributed by atoms with Crippen LogP contribution in [0.2, 0.25) is 0 Å². The Morgan fingerprint density at radius 3 is 1.09 bits per heavy atom. The molecule has 0 N–H and O–H groups in total. The Morgan fingerprint density at radius 1 is 1.09 bits per heavy atom. The second kappa shape index (κ2) is 38.8. The molecule has 0 unspecified atom stereocenters. The molecular formula is Ca3ClN2O5+3. The van der Waals surface area contributed by atoms with Crippen LogP contribution in [0.25, 0.3) is 0 Å². The fourth-order valence-corrected chi connectivity index (χ4v) is 0. The fraction of sp³-hybridized carbons (Fsp3) is 0. The third-order valence-corrected chi connectivity index (χ3v) is 0. The molecule has 0 aromatic rings. The van der Waals surface area contributed by atoms with Crippen molar-refractivity contribution in [2.75, 3.05) is 0 Å². The van der Waals surface area contributed by atoms with E-state index in [0.717, 1.165) is 5.34 Å². The molecule has 0 aliphatic rings. The van der Waals surface area contributed by atoms with Gasteiger partial charge in [0.25, 0.3) is 0 Å². The van der Waals surface area contributed by atoms with Crippen LogP contribution in [0.5, 0.6) is 0 Å². The molecule has 11 heavy (non-hydrogen) atoms. The average Bonchev–Trinajstić information content (AvgIpc) is 1.33. The Morgan fingerprint density at radius 2 is 1.09 bits per heavy atom. The van der Waals surface area contributed by atoms with Crippen LogP contribution in [0, 0.1) is 25.4 Å². The summed E-state index contributed by atoms with van der Waals surface area (Å²) in [4.78, 5) is 16.2. The van der Waals surface area contributed by atoms with Crippen LogP contribution >= 0.6 is 0 Å². The van der Waals surface area contributed by atoms with Gasteiger partial charge in [-0.2, -0.15) is 0 Å². The van der Waals surface area contributed by atoms with Gasteiger partial charge in [-0.25, -0.2) is 0 Å². The van der Waals surface area contributed by atoms with Gasteiger partial charge in [0.1, 0.15) is 0 Å². The van der Waals surface area contributed by atoms with Crippen LogP contribution in [-0.4, -0.2) is 118 Å². The monoisotopic (exact) mass is 263 g/mol. The van der Waals surface area contributed by atoms with E-state index in [1.54, 1.807) is 0 Å². The van der Waals surface area contributed by atoms with Gasteiger partial charge in [-0.05, 0) is 0 Å². The van der Waals surface area contributed by atoms with Crippen molar-refractivity contribution in [3.63, 3.8) is 0 Å². The van der Waals surface area contributed by atoms with E-state index in [9.17, 15) is 0 Å².